The molecule has 0 bridgehead atoms. The summed E-state index contributed by atoms with van der Waals surface area (Å²) < 4.78 is 20.4. The molecule has 2 aromatic carbocycles. The third-order valence-corrected chi connectivity index (χ3v) is 7.28. The molecule has 2 heteroatoms. The normalized spacial score (nSPS) is 27.8. The fourth-order valence-corrected chi connectivity index (χ4v) is 5.55. The molecule has 0 amide bonds. The van der Waals surface area contributed by atoms with E-state index in [0.717, 1.165) is 23.1 Å². The molecule has 4 atom stereocenters. The monoisotopic (exact) mass is 380 g/mol. The Labute approximate surface area is 169 Å². The van der Waals surface area contributed by atoms with Crippen LogP contribution in [0.15, 0.2) is 42.5 Å². The molecule has 2 aromatic rings. The second kappa shape index (κ2) is 8.68. The molecule has 4 rings (SSSR count). The van der Waals surface area contributed by atoms with Gasteiger partial charge >= 0.3 is 0 Å². The van der Waals surface area contributed by atoms with E-state index in [2.05, 4.69) is 19.1 Å². The smallest absolute Gasteiger partial charge is 0.172 e. The summed E-state index contributed by atoms with van der Waals surface area (Å²) in [5, 5.41) is 1.66. The summed E-state index contributed by atoms with van der Waals surface area (Å²) in [6, 6.07) is 10.1. The van der Waals surface area contributed by atoms with Crippen LogP contribution in [0.3, 0.4) is 0 Å². The Balaban J connectivity index is 1.50. The summed E-state index contributed by atoms with van der Waals surface area (Å²) in [7, 11) is 0. The van der Waals surface area contributed by atoms with E-state index in [-0.39, 0.29) is 5.82 Å². The van der Waals surface area contributed by atoms with Gasteiger partial charge in [-0.25, -0.2) is 4.39 Å². The third kappa shape index (κ3) is 3.97. The van der Waals surface area contributed by atoms with E-state index in [1.54, 1.807) is 6.07 Å². The molecule has 28 heavy (non-hydrogen) atoms. The van der Waals surface area contributed by atoms with Crippen molar-refractivity contribution in [2.24, 2.45) is 17.8 Å². The van der Waals surface area contributed by atoms with Gasteiger partial charge in [0, 0.05) is 5.39 Å². The van der Waals surface area contributed by atoms with Crippen LogP contribution in [0.25, 0.3) is 10.8 Å². The molecule has 1 nitrogen and oxygen atoms in total. The molecule has 2 fully saturated rings. The Hall–Kier alpha value is -1.83. The molecule has 2 saturated carbocycles. The Morgan fingerprint density at radius 1 is 1.04 bits per heavy atom. The first-order valence-electron chi connectivity index (χ1n) is 11.2. The first-order chi connectivity index (χ1) is 13.7. The molecule has 0 N–H and O–H groups in total. The fourth-order valence-electron chi connectivity index (χ4n) is 5.55. The van der Waals surface area contributed by atoms with E-state index in [4.69, 9.17) is 4.74 Å². The predicted octanol–water partition coefficient (Wildman–Crippen LogP) is 7.64. The van der Waals surface area contributed by atoms with Crippen LogP contribution in [-0.2, 0) is 0 Å². The van der Waals surface area contributed by atoms with E-state index >= 15 is 0 Å². The zero-order valence-electron chi connectivity index (χ0n) is 17.3. The van der Waals surface area contributed by atoms with E-state index in [1.807, 2.05) is 31.2 Å². The Bertz CT molecular complexity index is 840. The van der Waals surface area contributed by atoms with Crippen molar-refractivity contribution in [2.45, 2.75) is 64.7 Å². The number of allylic oxidation sites excluding steroid dienone is 1. The summed E-state index contributed by atoms with van der Waals surface area (Å²) in [6.45, 7) is 4.69. The Morgan fingerprint density at radius 2 is 1.86 bits per heavy atom. The van der Waals surface area contributed by atoms with Gasteiger partial charge in [0.15, 0.2) is 11.6 Å². The largest absolute Gasteiger partial charge is 0.486 e. The molecule has 0 spiro atoms. The molecule has 0 heterocycles. The van der Waals surface area contributed by atoms with E-state index < -0.39 is 0 Å². The first-order valence-corrected chi connectivity index (χ1v) is 11.2. The lowest BCUT2D eigenvalue weighted by Crippen LogP contribution is -2.30. The fraction of sp³-hybridized carbons (Fsp3) is 0.538. The zero-order chi connectivity index (χ0) is 19.5. The topological polar surface area (TPSA) is 9.23 Å². The van der Waals surface area contributed by atoms with E-state index in [9.17, 15) is 4.39 Å². The van der Waals surface area contributed by atoms with Crippen LogP contribution >= 0.6 is 0 Å². The highest BCUT2D eigenvalue weighted by Crippen LogP contribution is 2.48. The predicted molar refractivity (Wildman–Crippen MR) is 115 cm³/mol. The van der Waals surface area contributed by atoms with Gasteiger partial charge < -0.3 is 4.74 Å². The molecule has 0 aromatic heterocycles. The van der Waals surface area contributed by atoms with Crippen molar-refractivity contribution in [3.63, 3.8) is 0 Å². The summed E-state index contributed by atoms with van der Waals surface area (Å²) >= 11 is 0. The van der Waals surface area contributed by atoms with E-state index in [1.165, 1.54) is 50.5 Å². The molecular formula is C26H33FO. The van der Waals surface area contributed by atoms with Gasteiger partial charge in [-0.05, 0) is 79.7 Å². The first kappa shape index (κ1) is 19.5. The number of ether oxygens (including phenoxy) is 1. The van der Waals surface area contributed by atoms with Crippen molar-refractivity contribution < 1.29 is 9.13 Å². The van der Waals surface area contributed by atoms with Gasteiger partial charge in [0.25, 0.3) is 0 Å². The highest BCUT2D eigenvalue weighted by Gasteiger charge is 2.35. The lowest BCUT2D eigenvalue weighted by molar-refractivity contribution is 0.116. The van der Waals surface area contributed by atoms with Crippen LogP contribution in [0.2, 0.25) is 0 Å². The SMILES string of the molecule is CC=CCOc1ccc2cc(C3CCC4CC(CC)CCC4C3)ccc2c1F. The van der Waals surface area contributed by atoms with Crippen LogP contribution in [0.4, 0.5) is 4.39 Å². The standard InChI is InChI=1S/C26H33FO/c1-3-5-14-28-25-13-11-23-17-22(10-12-24(23)26(25)27)21-9-8-19-15-18(4-2)6-7-20(19)16-21/h3,5,10-13,17-21H,4,6-9,14-16H2,1-2H3. The highest BCUT2D eigenvalue weighted by atomic mass is 19.1. The molecule has 0 radical (unpaired) electrons. The number of benzene rings is 2. The van der Waals surface area contributed by atoms with Gasteiger partial charge in [-0.15, -0.1) is 0 Å². The third-order valence-electron chi connectivity index (χ3n) is 7.28. The number of hydrogen-bond acceptors (Lipinski definition) is 1. The Morgan fingerprint density at radius 3 is 2.68 bits per heavy atom. The zero-order valence-corrected chi connectivity index (χ0v) is 17.3. The van der Waals surface area contributed by atoms with Crippen LogP contribution in [0.5, 0.6) is 5.75 Å². The van der Waals surface area contributed by atoms with E-state index in [0.29, 0.717) is 23.7 Å². The minimum absolute atomic E-state index is 0.241. The Kier molecular flexibility index (Phi) is 6.04. The van der Waals surface area contributed by atoms with Crippen molar-refractivity contribution in [1.29, 1.82) is 0 Å². The quantitative estimate of drug-likeness (QED) is 0.484. The summed E-state index contributed by atoms with van der Waals surface area (Å²) in [4.78, 5) is 0. The summed E-state index contributed by atoms with van der Waals surface area (Å²) in [5.41, 5.74) is 1.39. The van der Waals surface area contributed by atoms with Crippen LogP contribution in [0.1, 0.15) is 70.3 Å². The van der Waals surface area contributed by atoms with Crippen LogP contribution < -0.4 is 4.74 Å². The van der Waals surface area contributed by atoms with Gasteiger partial charge in [0.2, 0.25) is 0 Å². The lowest BCUT2D eigenvalue weighted by Gasteiger charge is -2.42. The van der Waals surface area contributed by atoms with Gasteiger partial charge in [-0.1, -0.05) is 56.2 Å². The maximum Gasteiger partial charge on any atom is 0.172 e. The van der Waals surface area contributed by atoms with Gasteiger partial charge in [0.1, 0.15) is 6.61 Å². The number of fused-ring (bicyclic) bond motifs is 2. The summed E-state index contributed by atoms with van der Waals surface area (Å²) in [6.07, 6.45) is 13.4. The second-order valence-electron chi connectivity index (χ2n) is 8.86. The second-order valence-corrected chi connectivity index (χ2v) is 8.86. The summed E-state index contributed by atoms with van der Waals surface area (Å²) in [5.74, 6) is 3.55. The van der Waals surface area contributed by atoms with Crippen molar-refractivity contribution in [2.75, 3.05) is 6.61 Å². The number of hydrogen-bond donors (Lipinski definition) is 0. The molecule has 4 unspecified atom stereocenters. The number of halogens is 1. The van der Waals surface area contributed by atoms with Crippen LogP contribution in [0, 0.1) is 23.6 Å². The van der Waals surface area contributed by atoms with Gasteiger partial charge in [0.05, 0.1) is 0 Å². The van der Waals surface area contributed by atoms with Crippen molar-refractivity contribution in [3.8, 4) is 5.75 Å². The molecule has 2 aliphatic rings. The lowest BCUT2D eigenvalue weighted by atomic mass is 9.63. The van der Waals surface area contributed by atoms with Crippen molar-refractivity contribution in [1.82, 2.24) is 0 Å². The van der Waals surface area contributed by atoms with Crippen molar-refractivity contribution in [3.05, 3.63) is 53.9 Å². The molecule has 0 saturated heterocycles. The maximum absolute atomic E-state index is 14.8. The average molecular weight is 381 g/mol. The average Bonchev–Trinajstić information content (AvgIpc) is 2.74. The molecular weight excluding hydrogens is 347 g/mol. The van der Waals surface area contributed by atoms with Gasteiger partial charge in [-0.2, -0.15) is 0 Å². The highest BCUT2D eigenvalue weighted by molar-refractivity contribution is 5.85. The van der Waals surface area contributed by atoms with Crippen molar-refractivity contribution >= 4 is 10.8 Å². The van der Waals surface area contributed by atoms with Crippen LogP contribution in [-0.4, -0.2) is 6.61 Å². The van der Waals surface area contributed by atoms with Gasteiger partial charge in [-0.3, -0.25) is 0 Å². The molecule has 150 valence electrons. The minimum Gasteiger partial charge on any atom is -0.486 e. The number of rotatable bonds is 5. The minimum atomic E-state index is -0.241. The molecule has 0 aliphatic heterocycles. The maximum atomic E-state index is 14.8. The molecule has 2 aliphatic carbocycles.